The number of hydrogen-bond acceptors (Lipinski definition) is 4. The molecule has 0 aliphatic heterocycles. The number of thiophene rings is 1. The maximum absolute atomic E-state index is 14.7. The minimum Gasteiger partial charge on any atom is -0.465 e. The van der Waals surface area contributed by atoms with Gasteiger partial charge in [-0.2, -0.15) is 0 Å². The third-order valence-electron chi connectivity index (χ3n) is 8.28. The van der Waals surface area contributed by atoms with Crippen LogP contribution >= 0.6 is 22.9 Å². The predicted molar refractivity (Wildman–Crippen MR) is 171 cm³/mol. The number of nitrogens with zero attached hydrogens (tertiary/aromatic N) is 3. The Labute approximate surface area is 265 Å². The second-order valence-electron chi connectivity index (χ2n) is 12.7. The highest BCUT2D eigenvalue weighted by atomic mass is 35.5. The third-order valence-corrected chi connectivity index (χ3v) is 9.95. The second-order valence-corrected chi connectivity index (χ2v) is 14.1. The summed E-state index contributed by atoms with van der Waals surface area (Å²) in [7, 11) is 0. The SMILES string of the molecule is Cc1ccc(-c2ccncc2)cc1CN(C(=O)c1sc2c(F)ccc(F)c2c1Cl)C1CCC(N(CC(C)(C)C)C(=O)O)CC1. The molecule has 4 aromatic rings. The Hall–Kier alpha value is -3.56. The van der Waals surface area contributed by atoms with Crippen LogP contribution in [0.3, 0.4) is 0 Å². The molecule has 0 saturated heterocycles. The Morgan fingerprint density at radius 2 is 1.57 bits per heavy atom. The van der Waals surface area contributed by atoms with E-state index in [2.05, 4.69) is 11.1 Å². The zero-order chi connectivity index (χ0) is 31.8. The molecule has 1 aliphatic carbocycles. The first-order valence-electron chi connectivity index (χ1n) is 14.7. The molecule has 1 saturated carbocycles. The van der Waals surface area contributed by atoms with Crippen molar-refractivity contribution in [3.63, 3.8) is 0 Å². The summed E-state index contributed by atoms with van der Waals surface area (Å²) in [5.41, 5.74) is 3.70. The lowest BCUT2D eigenvalue weighted by Crippen LogP contribution is -2.49. The standard InChI is InChI=1S/C34H36ClF2N3O3S/c1-20-5-6-22(21-13-15-38-16-14-21)17-23(20)18-39(24-7-9-25(10-8-24)40(33(42)43)19-34(2,3)4)32(41)31-29(35)28-26(36)11-12-27(37)30(28)44-31/h5-6,11-17,24-25H,7-10,18-19H2,1-4H3,(H,42,43). The predicted octanol–water partition coefficient (Wildman–Crippen LogP) is 9.18. The van der Waals surface area contributed by atoms with Gasteiger partial charge in [0, 0.05) is 37.6 Å². The molecular weight excluding hydrogens is 604 g/mol. The van der Waals surface area contributed by atoms with Crippen molar-refractivity contribution in [2.75, 3.05) is 6.54 Å². The summed E-state index contributed by atoms with van der Waals surface area (Å²) in [5.74, 6) is -1.70. The van der Waals surface area contributed by atoms with Gasteiger partial charge in [-0.05, 0) is 90.6 Å². The molecular formula is C34H36ClF2N3O3S. The van der Waals surface area contributed by atoms with Crippen LogP contribution in [0.1, 0.15) is 67.3 Å². The molecule has 6 nitrogen and oxygen atoms in total. The molecule has 0 unspecified atom stereocenters. The molecule has 10 heteroatoms. The normalized spacial score (nSPS) is 17.1. The van der Waals surface area contributed by atoms with E-state index >= 15 is 0 Å². The summed E-state index contributed by atoms with van der Waals surface area (Å²) < 4.78 is 29.4. The smallest absolute Gasteiger partial charge is 0.407 e. The summed E-state index contributed by atoms with van der Waals surface area (Å²) in [6, 6.07) is 11.6. The van der Waals surface area contributed by atoms with Gasteiger partial charge in [0.1, 0.15) is 16.5 Å². The van der Waals surface area contributed by atoms with E-state index in [0.717, 1.165) is 45.7 Å². The van der Waals surface area contributed by atoms with Gasteiger partial charge < -0.3 is 14.9 Å². The zero-order valence-electron chi connectivity index (χ0n) is 25.2. The van der Waals surface area contributed by atoms with Crippen molar-refractivity contribution in [1.82, 2.24) is 14.8 Å². The fourth-order valence-corrected chi connectivity index (χ4v) is 7.53. The fraction of sp³-hybridized carbons (Fsp3) is 0.382. The van der Waals surface area contributed by atoms with Gasteiger partial charge in [0.05, 0.1) is 15.1 Å². The van der Waals surface area contributed by atoms with E-state index in [1.807, 2.05) is 52.0 Å². The number of carbonyl (C=O) groups excluding carboxylic acids is 1. The highest BCUT2D eigenvalue weighted by molar-refractivity contribution is 7.21. The van der Waals surface area contributed by atoms with E-state index in [-0.39, 0.29) is 44.0 Å². The van der Waals surface area contributed by atoms with Crippen molar-refractivity contribution < 1.29 is 23.5 Å². The first-order chi connectivity index (χ1) is 20.8. The Morgan fingerprint density at radius 1 is 0.955 bits per heavy atom. The van der Waals surface area contributed by atoms with Crippen molar-refractivity contribution >= 4 is 45.0 Å². The van der Waals surface area contributed by atoms with Gasteiger partial charge in [0.2, 0.25) is 0 Å². The minimum atomic E-state index is -0.944. The van der Waals surface area contributed by atoms with Gasteiger partial charge in [-0.25, -0.2) is 13.6 Å². The molecule has 232 valence electrons. The van der Waals surface area contributed by atoms with Crippen molar-refractivity contribution in [2.24, 2.45) is 5.41 Å². The summed E-state index contributed by atoms with van der Waals surface area (Å²) >= 11 is 7.46. The second kappa shape index (κ2) is 12.8. The number of fused-ring (bicyclic) bond motifs is 1. The lowest BCUT2D eigenvalue weighted by Gasteiger charge is -2.41. The number of carboxylic acid groups (broad SMARTS) is 1. The molecule has 44 heavy (non-hydrogen) atoms. The minimum absolute atomic E-state index is 0.0113. The quantitative estimate of drug-likeness (QED) is 0.219. The van der Waals surface area contributed by atoms with Crippen LogP contribution in [0, 0.1) is 24.0 Å². The monoisotopic (exact) mass is 639 g/mol. The van der Waals surface area contributed by atoms with Gasteiger partial charge >= 0.3 is 6.09 Å². The van der Waals surface area contributed by atoms with Gasteiger partial charge in [0.15, 0.2) is 0 Å². The number of amides is 2. The number of pyridine rings is 1. The van der Waals surface area contributed by atoms with Crippen LogP contribution in [-0.4, -0.2) is 50.5 Å². The van der Waals surface area contributed by atoms with Gasteiger partial charge in [-0.3, -0.25) is 9.78 Å². The highest BCUT2D eigenvalue weighted by Gasteiger charge is 2.36. The molecule has 0 radical (unpaired) electrons. The maximum atomic E-state index is 14.7. The van der Waals surface area contributed by atoms with Crippen LogP contribution in [0.25, 0.3) is 21.2 Å². The van der Waals surface area contributed by atoms with Crippen LogP contribution < -0.4 is 0 Å². The van der Waals surface area contributed by atoms with Gasteiger partial charge in [-0.15, -0.1) is 11.3 Å². The number of benzene rings is 2. The third kappa shape index (κ3) is 6.74. The summed E-state index contributed by atoms with van der Waals surface area (Å²) in [5, 5.41) is 9.80. The molecule has 0 bridgehead atoms. The van der Waals surface area contributed by atoms with E-state index in [0.29, 0.717) is 32.2 Å². The molecule has 0 spiro atoms. The van der Waals surface area contributed by atoms with E-state index in [1.54, 1.807) is 17.3 Å². The number of aryl methyl sites for hydroxylation is 1. The fourth-order valence-electron chi connectivity index (χ4n) is 6.03. The Balaban J connectivity index is 1.50. The molecule has 1 N–H and O–H groups in total. The lowest BCUT2D eigenvalue weighted by molar-refractivity contribution is 0.0493. The van der Waals surface area contributed by atoms with Gasteiger partial charge in [-0.1, -0.05) is 44.5 Å². The topological polar surface area (TPSA) is 73.7 Å². The van der Waals surface area contributed by atoms with E-state index in [4.69, 9.17) is 11.6 Å². The molecule has 0 atom stereocenters. The lowest BCUT2D eigenvalue weighted by atomic mass is 9.87. The first kappa shape index (κ1) is 31.9. The molecule has 2 amide bonds. The zero-order valence-corrected chi connectivity index (χ0v) is 26.8. The Kier molecular flexibility index (Phi) is 9.28. The van der Waals surface area contributed by atoms with Crippen LogP contribution in [0.2, 0.25) is 5.02 Å². The average molecular weight is 640 g/mol. The molecule has 2 heterocycles. The van der Waals surface area contributed by atoms with Crippen LogP contribution in [-0.2, 0) is 6.54 Å². The Bertz CT molecular complexity index is 1680. The van der Waals surface area contributed by atoms with Crippen molar-refractivity contribution in [3.8, 4) is 11.1 Å². The Morgan fingerprint density at radius 3 is 2.16 bits per heavy atom. The van der Waals surface area contributed by atoms with E-state index < -0.39 is 23.6 Å². The van der Waals surface area contributed by atoms with Crippen LogP contribution in [0.5, 0.6) is 0 Å². The molecule has 2 aromatic carbocycles. The van der Waals surface area contributed by atoms with Crippen LogP contribution in [0.15, 0.2) is 54.9 Å². The van der Waals surface area contributed by atoms with E-state index in [9.17, 15) is 23.5 Å². The van der Waals surface area contributed by atoms with Crippen molar-refractivity contribution in [3.05, 3.63) is 87.5 Å². The highest BCUT2D eigenvalue weighted by Crippen LogP contribution is 2.40. The summed E-state index contributed by atoms with van der Waals surface area (Å²) in [4.78, 5) is 34.0. The average Bonchev–Trinajstić information content (AvgIpc) is 3.35. The molecule has 1 aliphatic rings. The van der Waals surface area contributed by atoms with Gasteiger partial charge in [0.25, 0.3) is 5.91 Å². The summed E-state index contributed by atoms with van der Waals surface area (Å²) in [6.07, 6.45) is 4.86. The first-order valence-corrected chi connectivity index (χ1v) is 15.9. The van der Waals surface area contributed by atoms with Crippen molar-refractivity contribution in [2.45, 2.75) is 72.0 Å². The number of carbonyl (C=O) groups is 2. The van der Waals surface area contributed by atoms with Crippen molar-refractivity contribution in [1.29, 1.82) is 0 Å². The number of hydrogen-bond donors (Lipinski definition) is 1. The number of rotatable bonds is 7. The van der Waals surface area contributed by atoms with E-state index in [1.165, 1.54) is 4.90 Å². The van der Waals surface area contributed by atoms with Crippen LogP contribution in [0.4, 0.5) is 13.6 Å². The molecule has 5 rings (SSSR count). The molecule has 1 fully saturated rings. The maximum Gasteiger partial charge on any atom is 0.407 e. The number of halogens is 3. The molecule has 2 aromatic heterocycles. The largest absolute Gasteiger partial charge is 0.465 e. The number of aromatic nitrogens is 1. The summed E-state index contributed by atoms with van der Waals surface area (Å²) in [6.45, 7) is 8.70.